The van der Waals surface area contributed by atoms with E-state index >= 15 is 0 Å². The Morgan fingerprint density at radius 3 is 2.47 bits per heavy atom. The van der Waals surface area contributed by atoms with Gasteiger partial charge in [0.25, 0.3) is 0 Å². The molecule has 0 saturated carbocycles. The van der Waals surface area contributed by atoms with Gasteiger partial charge in [-0.05, 0) is 23.1 Å². The quantitative estimate of drug-likeness (QED) is 0.742. The molecule has 0 aliphatic heterocycles. The van der Waals surface area contributed by atoms with Gasteiger partial charge in [0.1, 0.15) is 5.15 Å². The summed E-state index contributed by atoms with van der Waals surface area (Å²) in [5.41, 5.74) is 1.48. The molecule has 0 radical (unpaired) electrons. The summed E-state index contributed by atoms with van der Waals surface area (Å²) >= 11 is 5.89. The van der Waals surface area contributed by atoms with Crippen LogP contribution in [-0.2, 0) is 5.41 Å². The van der Waals surface area contributed by atoms with Crippen LogP contribution in [-0.4, -0.2) is 9.78 Å². The largest absolute Gasteiger partial charge is 0.334 e. The van der Waals surface area contributed by atoms with Gasteiger partial charge in [0.15, 0.2) is 0 Å². The smallest absolute Gasteiger partial charge is 0.191 e. The van der Waals surface area contributed by atoms with Crippen molar-refractivity contribution < 1.29 is 8.78 Å². The highest BCUT2D eigenvalue weighted by Gasteiger charge is 2.19. The molecule has 0 aliphatic carbocycles. The Hall–Kier alpha value is -1.16. The summed E-state index contributed by atoms with van der Waals surface area (Å²) < 4.78 is 25.8. The van der Waals surface area contributed by atoms with Crippen LogP contribution in [0.3, 0.4) is 0 Å². The van der Waals surface area contributed by atoms with Gasteiger partial charge in [-0.3, -0.25) is 0 Å². The zero-order valence-corrected chi connectivity index (χ0v) is 10.6. The zero-order chi connectivity index (χ0) is 12.8. The Morgan fingerprint density at radius 1 is 1.29 bits per heavy atom. The fourth-order valence-corrected chi connectivity index (χ4v) is 1.93. The molecule has 5 heteroatoms. The molecule has 0 fully saturated rings. The van der Waals surface area contributed by atoms with Gasteiger partial charge in [-0.2, -0.15) is 18.6 Å². The molecule has 0 saturated heterocycles. The first-order valence-corrected chi connectivity index (χ1v) is 5.65. The summed E-state index contributed by atoms with van der Waals surface area (Å²) in [5.74, 6) is 0. The predicted octanol–water partition coefficient (Wildman–Crippen LogP) is 4.38. The van der Waals surface area contributed by atoms with Crippen LogP contribution in [0.15, 0.2) is 18.2 Å². The molecule has 0 N–H and O–H groups in total. The second kappa shape index (κ2) is 3.95. The van der Waals surface area contributed by atoms with Crippen molar-refractivity contribution in [1.82, 2.24) is 9.78 Å². The van der Waals surface area contributed by atoms with Gasteiger partial charge >= 0.3 is 6.55 Å². The summed E-state index contributed by atoms with van der Waals surface area (Å²) in [6.07, 6.45) is 0. The first kappa shape index (κ1) is 12.3. The number of aromatic nitrogens is 2. The number of alkyl halides is 2. The van der Waals surface area contributed by atoms with Crippen LogP contribution in [0.2, 0.25) is 5.15 Å². The number of hydrogen-bond acceptors (Lipinski definition) is 1. The van der Waals surface area contributed by atoms with Gasteiger partial charge in [0.05, 0.1) is 5.52 Å². The van der Waals surface area contributed by atoms with Gasteiger partial charge in [-0.1, -0.05) is 38.4 Å². The average Bonchev–Trinajstić information content (AvgIpc) is 2.54. The van der Waals surface area contributed by atoms with E-state index in [1.165, 1.54) is 0 Å². The Morgan fingerprint density at radius 2 is 1.94 bits per heavy atom. The van der Waals surface area contributed by atoms with Crippen LogP contribution >= 0.6 is 11.6 Å². The standard InChI is InChI=1S/C12H13ClF2N2/c1-12(2,3)7-4-5-9-8(6-7)10(13)17(16-9)11(14)15/h4-6,11H,1-3H3. The lowest BCUT2D eigenvalue weighted by molar-refractivity contribution is 0.0577. The highest BCUT2D eigenvalue weighted by atomic mass is 35.5. The van der Waals surface area contributed by atoms with Gasteiger partial charge in [-0.15, -0.1) is 0 Å². The van der Waals surface area contributed by atoms with Gasteiger partial charge in [-0.25, -0.2) is 0 Å². The van der Waals surface area contributed by atoms with E-state index in [-0.39, 0.29) is 10.6 Å². The molecule has 1 aromatic carbocycles. The van der Waals surface area contributed by atoms with Crippen LogP contribution < -0.4 is 0 Å². The SMILES string of the molecule is CC(C)(C)c1ccc2nn(C(F)F)c(Cl)c2c1. The molecule has 2 rings (SSSR count). The third-order valence-electron chi connectivity index (χ3n) is 2.69. The Bertz CT molecular complexity index is 555. The summed E-state index contributed by atoms with van der Waals surface area (Å²) in [7, 11) is 0. The van der Waals surface area contributed by atoms with Crippen LogP contribution in [0.25, 0.3) is 10.9 Å². The maximum atomic E-state index is 12.6. The molecule has 17 heavy (non-hydrogen) atoms. The van der Waals surface area contributed by atoms with Crippen molar-refractivity contribution in [2.24, 2.45) is 0 Å². The van der Waals surface area contributed by atoms with Crippen molar-refractivity contribution in [3.8, 4) is 0 Å². The fourth-order valence-electron chi connectivity index (χ4n) is 1.67. The molecular formula is C12H13ClF2N2. The van der Waals surface area contributed by atoms with E-state index in [0.29, 0.717) is 15.6 Å². The van der Waals surface area contributed by atoms with Crippen LogP contribution in [0.5, 0.6) is 0 Å². The van der Waals surface area contributed by atoms with Crippen molar-refractivity contribution in [2.45, 2.75) is 32.7 Å². The predicted molar refractivity (Wildman–Crippen MR) is 64.7 cm³/mol. The van der Waals surface area contributed by atoms with E-state index in [0.717, 1.165) is 5.56 Å². The van der Waals surface area contributed by atoms with Gasteiger partial charge in [0, 0.05) is 5.39 Å². The van der Waals surface area contributed by atoms with Crippen LogP contribution in [0, 0.1) is 0 Å². The number of hydrogen-bond donors (Lipinski definition) is 0. The summed E-state index contributed by atoms with van der Waals surface area (Å²) in [6.45, 7) is 3.45. The Balaban J connectivity index is 2.66. The monoisotopic (exact) mass is 258 g/mol. The van der Waals surface area contributed by atoms with Crippen molar-refractivity contribution in [2.75, 3.05) is 0 Å². The van der Waals surface area contributed by atoms with Crippen LogP contribution in [0.1, 0.15) is 32.9 Å². The van der Waals surface area contributed by atoms with E-state index in [4.69, 9.17) is 11.6 Å². The molecule has 92 valence electrons. The minimum Gasteiger partial charge on any atom is -0.191 e. The lowest BCUT2D eigenvalue weighted by Crippen LogP contribution is -2.10. The maximum absolute atomic E-state index is 12.6. The molecule has 0 spiro atoms. The molecule has 2 aromatic rings. The van der Waals surface area contributed by atoms with E-state index < -0.39 is 6.55 Å². The minimum atomic E-state index is -2.71. The third kappa shape index (κ3) is 2.14. The number of nitrogens with zero attached hydrogens (tertiary/aromatic N) is 2. The Labute approximate surface area is 103 Å². The third-order valence-corrected chi connectivity index (χ3v) is 3.06. The van der Waals surface area contributed by atoms with E-state index in [1.54, 1.807) is 6.07 Å². The first-order valence-electron chi connectivity index (χ1n) is 5.27. The summed E-state index contributed by atoms with van der Waals surface area (Å²) in [4.78, 5) is 0. The normalized spacial score (nSPS) is 12.6. The van der Waals surface area contributed by atoms with Crippen molar-refractivity contribution in [1.29, 1.82) is 0 Å². The van der Waals surface area contributed by atoms with E-state index in [1.807, 2.05) is 12.1 Å². The minimum absolute atomic E-state index is 0.0129. The van der Waals surface area contributed by atoms with E-state index in [2.05, 4.69) is 25.9 Å². The number of rotatable bonds is 1. The first-order chi connectivity index (χ1) is 7.80. The molecule has 0 unspecified atom stereocenters. The fraction of sp³-hybridized carbons (Fsp3) is 0.417. The lowest BCUT2D eigenvalue weighted by Gasteiger charge is -2.18. The zero-order valence-electron chi connectivity index (χ0n) is 9.84. The summed E-state index contributed by atoms with van der Waals surface area (Å²) in [6, 6.07) is 5.44. The second-order valence-corrected chi connectivity index (χ2v) is 5.35. The van der Waals surface area contributed by atoms with Crippen molar-refractivity contribution >= 4 is 22.5 Å². The molecule has 1 heterocycles. The van der Waals surface area contributed by atoms with Gasteiger partial charge in [0.2, 0.25) is 0 Å². The lowest BCUT2D eigenvalue weighted by atomic mass is 9.86. The molecule has 2 nitrogen and oxygen atoms in total. The van der Waals surface area contributed by atoms with Gasteiger partial charge < -0.3 is 0 Å². The summed E-state index contributed by atoms with van der Waals surface area (Å²) in [5, 5.41) is 4.33. The highest BCUT2D eigenvalue weighted by molar-refractivity contribution is 6.34. The molecule has 0 amide bonds. The molecule has 0 bridgehead atoms. The van der Waals surface area contributed by atoms with Crippen molar-refractivity contribution in [3.05, 3.63) is 28.9 Å². The van der Waals surface area contributed by atoms with Crippen LogP contribution in [0.4, 0.5) is 8.78 Å². The average molecular weight is 259 g/mol. The maximum Gasteiger partial charge on any atom is 0.334 e. The Kier molecular flexibility index (Phi) is 2.86. The second-order valence-electron chi connectivity index (χ2n) is 4.99. The molecule has 0 aliphatic rings. The highest BCUT2D eigenvalue weighted by Crippen LogP contribution is 2.31. The molecule has 0 atom stereocenters. The number of benzene rings is 1. The molecular weight excluding hydrogens is 246 g/mol. The number of fused-ring (bicyclic) bond motifs is 1. The van der Waals surface area contributed by atoms with Crippen molar-refractivity contribution in [3.63, 3.8) is 0 Å². The topological polar surface area (TPSA) is 17.8 Å². The number of halogens is 3. The molecule has 1 aromatic heterocycles. The van der Waals surface area contributed by atoms with E-state index in [9.17, 15) is 8.78 Å².